The number of hydrogen-bond donors (Lipinski definition) is 1. The van der Waals surface area contributed by atoms with Crippen molar-refractivity contribution < 1.29 is 18.0 Å². The predicted octanol–water partition coefficient (Wildman–Crippen LogP) is 3.44. The van der Waals surface area contributed by atoms with Crippen molar-refractivity contribution in [3.05, 3.63) is 53.7 Å². The van der Waals surface area contributed by atoms with Gasteiger partial charge in [0.15, 0.2) is 0 Å². The average molecular weight is 348 g/mol. The highest BCUT2D eigenvalue weighted by molar-refractivity contribution is 5.94. The van der Waals surface area contributed by atoms with Gasteiger partial charge >= 0.3 is 6.18 Å². The molecule has 1 aromatic heterocycles. The molecule has 0 aliphatic rings. The minimum atomic E-state index is -4.56. The van der Waals surface area contributed by atoms with E-state index in [9.17, 15) is 18.0 Å². The number of nitrogens with one attached hydrogen (secondary N) is 1. The minimum Gasteiger partial charge on any atom is -0.348 e. The Morgan fingerprint density at radius 1 is 1.24 bits per heavy atom. The van der Waals surface area contributed by atoms with E-state index in [2.05, 4.69) is 10.3 Å². The molecular weight excluding hydrogens is 333 g/mol. The van der Waals surface area contributed by atoms with Gasteiger partial charge in [-0.2, -0.15) is 18.4 Å². The molecule has 0 saturated carbocycles. The van der Waals surface area contributed by atoms with Gasteiger partial charge in [0.25, 0.3) is 0 Å². The number of pyridine rings is 1. The number of anilines is 2. The Balaban J connectivity index is 2.15. The van der Waals surface area contributed by atoms with E-state index < -0.39 is 17.6 Å². The first-order valence-corrected chi connectivity index (χ1v) is 7.43. The highest BCUT2D eigenvalue weighted by Crippen LogP contribution is 2.34. The maximum absolute atomic E-state index is 13.0. The number of likely N-dealkylation sites (N-methyl/N-ethyl adjacent to an activating group) is 1. The van der Waals surface area contributed by atoms with Crippen LogP contribution in [0.5, 0.6) is 0 Å². The van der Waals surface area contributed by atoms with Crippen LogP contribution in [-0.2, 0) is 11.0 Å². The summed E-state index contributed by atoms with van der Waals surface area (Å²) in [5.41, 5.74) is -1.01. The second kappa shape index (κ2) is 7.66. The Kier molecular flexibility index (Phi) is 5.60. The van der Waals surface area contributed by atoms with E-state index in [1.165, 1.54) is 24.3 Å². The molecule has 25 heavy (non-hydrogen) atoms. The van der Waals surface area contributed by atoms with Gasteiger partial charge in [0.2, 0.25) is 5.91 Å². The molecule has 5 nitrogen and oxygen atoms in total. The Hall–Kier alpha value is -3.08. The summed E-state index contributed by atoms with van der Waals surface area (Å²) < 4.78 is 38.9. The van der Waals surface area contributed by atoms with Crippen LogP contribution in [0.2, 0.25) is 0 Å². The third-order valence-corrected chi connectivity index (χ3v) is 3.40. The van der Waals surface area contributed by atoms with Crippen molar-refractivity contribution in [1.82, 2.24) is 4.98 Å². The number of rotatable bonds is 5. The molecule has 1 N–H and O–H groups in total. The smallest absolute Gasteiger partial charge is 0.348 e. The summed E-state index contributed by atoms with van der Waals surface area (Å²) in [7, 11) is 0. The number of para-hydroxylation sites is 1. The lowest BCUT2D eigenvalue weighted by Gasteiger charge is -2.22. The number of alkyl halides is 3. The summed E-state index contributed by atoms with van der Waals surface area (Å²) in [6.07, 6.45) is -4.56. The van der Waals surface area contributed by atoms with Crippen LogP contribution in [0.4, 0.5) is 24.7 Å². The number of nitrogens with zero attached hydrogens (tertiary/aromatic N) is 3. The van der Waals surface area contributed by atoms with Gasteiger partial charge in [-0.3, -0.25) is 4.79 Å². The number of benzene rings is 1. The molecule has 0 bridgehead atoms. The van der Waals surface area contributed by atoms with Crippen molar-refractivity contribution in [1.29, 1.82) is 5.26 Å². The fourth-order valence-electron chi connectivity index (χ4n) is 2.22. The summed E-state index contributed by atoms with van der Waals surface area (Å²) in [6, 6.07) is 11.5. The molecule has 8 heteroatoms. The van der Waals surface area contributed by atoms with E-state index in [1.807, 2.05) is 6.07 Å². The summed E-state index contributed by atoms with van der Waals surface area (Å²) in [5.74, 6) is -0.205. The van der Waals surface area contributed by atoms with Gasteiger partial charge in [-0.1, -0.05) is 18.2 Å². The summed E-state index contributed by atoms with van der Waals surface area (Å²) >= 11 is 0. The molecule has 0 saturated heterocycles. The summed E-state index contributed by atoms with van der Waals surface area (Å²) in [5, 5.41) is 11.2. The van der Waals surface area contributed by atoms with Gasteiger partial charge in [0.1, 0.15) is 17.6 Å². The van der Waals surface area contributed by atoms with Crippen molar-refractivity contribution in [2.24, 2.45) is 0 Å². The molecule has 1 amide bonds. The summed E-state index contributed by atoms with van der Waals surface area (Å²) in [6.45, 7) is 1.98. The highest BCUT2D eigenvalue weighted by atomic mass is 19.4. The summed E-state index contributed by atoms with van der Waals surface area (Å²) in [4.78, 5) is 17.8. The number of nitriles is 1. The molecule has 1 aromatic carbocycles. The fourth-order valence-corrected chi connectivity index (χ4v) is 2.22. The van der Waals surface area contributed by atoms with E-state index in [0.29, 0.717) is 12.4 Å². The molecule has 130 valence electrons. The molecule has 1 heterocycles. The van der Waals surface area contributed by atoms with Gasteiger partial charge in [-0.15, -0.1) is 0 Å². The molecule has 0 unspecified atom stereocenters. The molecule has 2 aromatic rings. The van der Waals surface area contributed by atoms with E-state index in [0.717, 1.165) is 6.07 Å². The van der Waals surface area contributed by atoms with E-state index in [4.69, 9.17) is 5.26 Å². The lowest BCUT2D eigenvalue weighted by molar-refractivity contribution is -0.137. The number of carbonyl (C=O) groups is 1. The zero-order chi connectivity index (χ0) is 18.4. The van der Waals surface area contributed by atoms with Crippen molar-refractivity contribution in [3.63, 3.8) is 0 Å². The standard InChI is InChI=1S/C17H15F3N4O/c1-2-24(15-9-5-6-12(10-21)22-15)11-16(25)23-14-8-4-3-7-13(14)17(18,19)20/h3-9H,2,11H2,1H3,(H,23,25). The molecule has 0 atom stereocenters. The monoisotopic (exact) mass is 348 g/mol. The van der Waals surface area contributed by atoms with Crippen LogP contribution in [0.3, 0.4) is 0 Å². The first-order chi connectivity index (χ1) is 11.8. The quantitative estimate of drug-likeness (QED) is 0.899. The van der Waals surface area contributed by atoms with Crippen LogP contribution < -0.4 is 10.2 Å². The van der Waals surface area contributed by atoms with Crippen LogP contribution in [0.1, 0.15) is 18.2 Å². The Morgan fingerprint density at radius 3 is 2.60 bits per heavy atom. The maximum Gasteiger partial charge on any atom is 0.418 e. The predicted molar refractivity (Wildman–Crippen MR) is 86.9 cm³/mol. The highest BCUT2D eigenvalue weighted by Gasteiger charge is 2.33. The zero-order valence-electron chi connectivity index (χ0n) is 13.3. The van der Waals surface area contributed by atoms with Crippen molar-refractivity contribution >= 4 is 17.4 Å². The van der Waals surface area contributed by atoms with Crippen molar-refractivity contribution in [2.75, 3.05) is 23.3 Å². The Bertz CT molecular complexity index is 799. The van der Waals surface area contributed by atoms with Gasteiger partial charge in [-0.25, -0.2) is 4.98 Å². The van der Waals surface area contributed by atoms with E-state index in [1.54, 1.807) is 24.0 Å². The molecule has 0 spiro atoms. The lowest BCUT2D eigenvalue weighted by Crippen LogP contribution is -2.34. The number of hydrogen-bond acceptors (Lipinski definition) is 4. The van der Waals surface area contributed by atoms with E-state index >= 15 is 0 Å². The molecule has 0 fully saturated rings. The van der Waals surface area contributed by atoms with Crippen LogP contribution in [0, 0.1) is 11.3 Å². The molecular formula is C17H15F3N4O. The van der Waals surface area contributed by atoms with Crippen molar-refractivity contribution in [3.8, 4) is 6.07 Å². The number of amides is 1. The third kappa shape index (κ3) is 4.70. The van der Waals surface area contributed by atoms with Crippen molar-refractivity contribution in [2.45, 2.75) is 13.1 Å². The van der Waals surface area contributed by atoms with Gasteiger partial charge in [0.05, 0.1) is 17.8 Å². The molecule has 0 aliphatic heterocycles. The molecule has 0 radical (unpaired) electrons. The van der Waals surface area contributed by atoms with Crippen LogP contribution in [-0.4, -0.2) is 24.0 Å². The largest absolute Gasteiger partial charge is 0.418 e. The Morgan fingerprint density at radius 2 is 1.96 bits per heavy atom. The number of carbonyl (C=O) groups excluding carboxylic acids is 1. The van der Waals surface area contributed by atoms with E-state index in [-0.39, 0.29) is 17.9 Å². The third-order valence-electron chi connectivity index (χ3n) is 3.40. The second-order valence-electron chi connectivity index (χ2n) is 5.10. The van der Waals surface area contributed by atoms with Crippen LogP contribution >= 0.6 is 0 Å². The lowest BCUT2D eigenvalue weighted by atomic mass is 10.1. The SMILES string of the molecule is CCN(CC(=O)Nc1ccccc1C(F)(F)F)c1cccc(C#N)n1. The normalized spacial score (nSPS) is 10.8. The first-order valence-electron chi connectivity index (χ1n) is 7.43. The Labute approximate surface area is 142 Å². The molecule has 2 rings (SSSR count). The van der Waals surface area contributed by atoms with Gasteiger partial charge in [0, 0.05) is 6.54 Å². The first kappa shape index (κ1) is 18.3. The van der Waals surface area contributed by atoms with Crippen LogP contribution in [0.15, 0.2) is 42.5 Å². The van der Waals surface area contributed by atoms with Crippen LogP contribution in [0.25, 0.3) is 0 Å². The average Bonchev–Trinajstić information content (AvgIpc) is 2.59. The maximum atomic E-state index is 13.0. The topological polar surface area (TPSA) is 69.0 Å². The zero-order valence-corrected chi connectivity index (χ0v) is 13.3. The molecule has 0 aliphatic carbocycles. The minimum absolute atomic E-state index is 0.190. The van der Waals surface area contributed by atoms with Gasteiger partial charge < -0.3 is 10.2 Å². The second-order valence-corrected chi connectivity index (χ2v) is 5.10. The number of halogens is 3. The fraction of sp³-hybridized carbons (Fsp3) is 0.235. The van der Waals surface area contributed by atoms with Gasteiger partial charge in [-0.05, 0) is 31.2 Å². The number of aromatic nitrogens is 1.